The van der Waals surface area contributed by atoms with Crippen LogP contribution in [0.2, 0.25) is 5.15 Å². The standard InChI is InChI=1S/C21H21ClN4O/c1-14-7-6-8-15(13-14)19-25-17-18(22)23-16(24-20(17)26(19)2)9-12-21(27)10-4-3-5-11-21/h6-8,13,27H,3-5,10-11H2,1-2H3. The molecule has 1 saturated carbocycles. The van der Waals surface area contributed by atoms with E-state index in [1.165, 1.54) is 0 Å². The zero-order valence-corrected chi connectivity index (χ0v) is 16.2. The Balaban J connectivity index is 1.77. The number of benzene rings is 1. The number of fused-ring (bicyclic) bond motifs is 1. The molecule has 3 aromatic rings. The van der Waals surface area contributed by atoms with Gasteiger partial charge in [-0.1, -0.05) is 47.7 Å². The third-order valence-electron chi connectivity index (χ3n) is 5.04. The van der Waals surface area contributed by atoms with Gasteiger partial charge in [-0.05, 0) is 44.6 Å². The molecule has 0 atom stereocenters. The molecule has 5 nitrogen and oxygen atoms in total. The lowest BCUT2D eigenvalue weighted by molar-refractivity contribution is 0.0610. The maximum Gasteiger partial charge on any atom is 0.208 e. The van der Waals surface area contributed by atoms with Gasteiger partial charge in [0, 0.05) is 12.6 Å². The van der Waals surface area contributed by atoms with Crippen molar-refractivity contribution in [1.29, 1.82) is 0 Å². The summed E-state index contributed by atoms with van der Waals surface area (Å²) in [5, 5.41) is 10.8. The quantitative estimate of drug-likeness (QED) is 0.511. The van der Waals surface area contributed by atoms with E-state index in [0.29, 0.717) is 29.8 Å². The van der Waals surface area contributed by atoms with Crippen LogP contribution in [0.25, 0.3) is 22.6 Å². The number of imidazole rings is 1. The summed E-state index contributed by atoms with van der Waals surface area (Å²) in [5.74, 6) is 6.98. The topological polar surface area (TPSA) is 63.8 Å². The fourth-order valence-corrected chi connectivity index (χ4v) is 3.77. The molecule has 0 unspecified atom stereocenters. The SMILES string of the molecule is Cc1cccc(-c2nc3c(Cl)nc(C#CC4(O)CCCCC4)nc3n2C)c1. The van der Waals surface area contributed by atoms with Crippen LogP contribution in [0.15, 0.2) is 24.3 Å². The first kappa shape index (κ1) is 18.0. The van der Waals surface area contributed by atoms with Crippen molar-refractivity contribution < 1.29 is 5.11 Å². The number of aryl methyl sites for hydroxylation is 2. The van der Waals surface area contributed by atoms with Crippen molar-refractivity contribution in [2.24, 2.45) is 7.05 Å². The zero-order valence-electron chi connectivity index (χ0n) is 15.5. The molecular weight excluding hydrogens is 360 g/mol. The molecular formula is C21H21ClN4O. The number of rotatable bonds is 1. The van der Waals surface area contributed by atoms with Crippen molar-refractivity contribution in [3.8, 4) is 23.2 Å². The molecule has 0 spiro atoms. The van der Waals surface area contributed by atoms with Crippen LogP contribution in [0.5, 0.6) is 0 Å². The smallest absolute Gasteiger partial charge is 0.208 e. The van der Waals surface area contributed by atoms with E-state index in [9.17, 15) is 5.11 Å². The van der Waals surface area contributed by atoms with E-state index in [2.05, 4.69) is 32.9 Å². The Morgan fingerprint density at radius 3 is 2.67 bits per heavy atom. The minimum absolute atomic E-state index is 0.273. The predicted molar refractivity (Wildman–Crippen MR) is 106 cm³/mol. The predicted octanol–water partition coefficient (Wildman–Crippen LogP) is 4.04. The second-order valence-electron chi connectivity index (χ2n) is 7.22. The molecule has 6 heteroatoms. The fraction of sp³-hybridized carbons (Fsp3) is 0.381. The van der Waals surface area contributed by atoms with E-state index < -0.39 is 5.60 Å². The largest absolute Gasteiger partial charge is 0.378 e. The van der Waals surface area contributed by atoms with Crippen molar-refractivity contribution in [2.45, 2.75) is 44.6 Å². The van der Waals surface area contributed by atoms with Crippen LogP contribution in [0.3, 0.4) is 0 Å². The Hall–Kier alpha value is -2.42. The van der Waals surface area contributed by atoms with E-state index in [1.54, 1.807) is 0 Å². The van der Waals surface area contributed by atoms with E-state index in [4.69, 9.17) is 11.6 Å². The van der Waals surface area contributed by atoms with Crippen LogP contribution < -0.4 is 0 Å². The molecule has 0 amide bonds. The average molecular weight is 381 g/mol. The second kappa shape index (κ2) is 6.95. The van der Waals surface area contributed by atoms with Crippen LogP contribution in [0, 0.1) is 18.8 Å². The van der Waals surface area contributed by atoms with Crippen LogP contribution >= 0.6 is 11.6 Å². The number of halogens is 1. The molecule has 1 N–H and O–H groups in total. The lowest BCUT2D eigenvalue weighted by Crippen LogP contribution is -2.29. The molecule has 1 fully saturated rings. The molecule has 4 rings (SSSR count). The number of hydrogen-bond donors (Lipinski definition) is 1. The van der Waals surface area contributed by atoms with E-state index in [0.717, 1.165) is 36.2 Å². The van der Waals surface area contributed by atoms with Crippen LogP contribution in [0.4, 0.5) is 0 Å². The molecule has 27 heavy (non-hydrogen) atoms. The van der Waals surface area contributed by atoms with Gasteiger partial charge in [0.05, 0.1) is 0 Å². The molecule has 1 aliphatic carbocycles. The Morgan fingerprint density at radius 1 is 1.15 bits per heavy atom. The summed E-state index contributed by atoms with van der Waals surface area (Å²) < 4.78 is 1.90. The first-order valence-corrected chi connectivity index (χ1v) is 9.56. The molecule has 1 aromatic carbocycles. The van der Waals surface area contributed by atoms with Crippen LogP contribution in [-0.4, -0.2) is 30.2 Å². The Bertz CT molecular complexity index is 1070. The number of aliphatic hydroxyl groups is 1. The monoisotopic (exact) mass is 380 g/mol. The van der Waals surface area contributed by atoms with E-state index in [-0.39, 0.29) is 5.15 Å². The molecule has 2 heterocycles. The Morgan fingerprint density at radius 2 is 1.93 bits per heavy atom. The van der Waals surface area contributed by atoms with Gasteiger partial charge in [0.25, 0.3) is 0 Å². The van der Waals surface area contributed by atoms with Gasteiger partial charge in [0.15, 0.2) is 10.8 Å². The highest BCUT2D eigenvalue weighted by atomic mass is 35.5. The first-order chi connectivity index (χ1) is 13.0. The van der Waals surface area contributed by atoms with Crippen molar-refractivity contribution in [3.63, 3.8) is 0 Å². The van der Waals surface area contributed by atoms with Crippen molar-refractivity contribution in [2.75, 3.05) is 0 Å². The van der Waals surface area contributed by atoms with Crippen molar-refractivity contribution in [1.82, 2.24) is 19.5 Å². The summed E-state index contributed by atoms with van der Waals surface area (Å²) in [5.41, 5.74) is 2.39. The fourth-order valence-electron chi connectivity index (χ4n) is 3.56. The molecule has 138 valence electrons. The van der Waals surface area contributed by atoms with Gasteiger partial charge in [-0.25, -0.2) is 15.0 Å². The highest BCUT2D eigenvalue weighted by Crippen LogP contribution is 2.28. The van der Waals surface area contributed by atoms with Gasteiger partial charge in [-0.2, -0.15) is 0 Å². The van der Waals surface area contributed by atoms with Gasteiger partial charge in [0.2, 0.25) is 5.82 Å². The third kappa shape index (κ3) is 3.55. The number of nitrogens with zero attached hydrogens (tertiary/aromatic N) is 4. The van der Waals surface area contributed by atoms with Gasteiger partial charge in [0.1, 0.15) is 16.9 Å². The minimum Gasteiger partial charge on any atom is -0.378 e. The highest BCUT2D eigenvalue weighted by Gasteiger charge is 2.26. The highest BCUT2D eigenvalue weighted by molar-refractivity contribution is 6.33. The van der Waals surface area contributed by atoms with E-state index in [1.807, 2.05) is 36.7 Å². The normalized spacial score (nSPS) is 16.1. The molecule has 1 aliphatic rings. The number of aromatic nitrogens is 4. The molecule has 0 radical (unpaired) electrons. The summed E-state index contributed by atoms with van der Waals surface area (Å²) in [6, 6.07) is 8.12. The molecule has 0 aliphatic heterocycles. The maximum absolute atomic E-state index is 10.6. The summed E-state index contributed by atoms with van der Waals surface area (Å²) in [6.45, 7) is 2.04. The van der Waals surface area contributed by atoms with Gasteiger partial charge in [-0.3, -0.25) is 0 Å². The summed E-state index contributed by atoms with van der Waals surface area (Å²) >= 11 is 6.37. The van der Waals surface area contributed by atoms with Crippen molar-refractivity contribution >= 4 is 22.8 Å². The Labute approximate surface area is 163 Å². The van der Waals surface area contributed by atoms with Crippen molar-refractivity contribution in [3.05, 3.63) is 40.8 Å². The van der Waals surface area contributed by atoms with Crippen LogP contribution in [-0.2, 0) is 7.05 Å². The third-order valence-corrected chi connectivity index (χ3v) is 5.30. The lowest BCUT2D eigenvalue weighted by Gasteiger charge is -2.26. The maximum atomic E-state index is 10.6. The minimum atomic E-state index is -0.942. The second-order valence-corrected chi connectivity index (χ2v) is 7.57. The Kier molecular flexibility index (Phi) is 4.63. The van der Waals surface area contributed by atoms with Gasteiger partial charge < -0.3 is 9.67 Å². The van der Waals surface area contributed by atoms with Crippen LogP contribution in [0.1, 0.15) is 43.5 Å². The summed E-state index contributed by atoms with van der Waals surface area (Å²) in [4.78, 5) is 13.5. The molecule has 2 aromatic heterocycles. The molecule has 0 bridgehead atoms. The zero-order chi connectivity index (χ0) is 19.0. The van der Waals surface area contributed by atoms with Gasteiger partial charge in [-0.15, -0.1) is 0 Å². The average Bonchev–Trinajstić information content (AvgIpc) is 2.98. The van der Waals surface area contributed by atoms with Gasteiger partial charge >= 0.3 is 0 Å². The van der Waals surface area contributed by atoms with E-state index >= 15 is 0 Å². The summed E-state index contributed by atoms with van der Waals surface area (Å²) in [6.07, 6.45) is 4.52. The summed E-state index contributed by atoms with van der Waals surface area (Å²) in [7, 11) is 1.90. The molecule has 0 saturated heterocycles. The number of hydrogen-bond acceptors (Lipinski definition) is 4. The first-order valence-electron chi connectivity index (χ1n) is 9.18. The lowest BCUT2D eigenvalue weighted by atomic mass is 9.85.